The van der Waals surface area contributed by atoms with E-state index in [2.05, 4.69) is 77.9 Å². The normalized spacial score (nSPS) is 12.0. The molecule has 2 aromatic rings. The maximum absolute atomic E-state index is 5.37. The van der Waals surface area contributed by atoms with Gasteiger partial charge in [0.2, 0.25) is 0 Å². The summed E-state index contributed by atoms with van der Waals surface area (Å²) in [6.45, 7) is 13.6. The Kier molecular flexibility index (Phi) is 28.6. The summed E-state index contributed by atoms with van der Waals surface area (Å²) in [5.41, 5.74) is 10.4. The average molecular weight is 730 g/mol. The standard InChI is InChI=1S/C47H78N2.Ni/c1-7-13-15-16-17-18-19-20-21-22-23-24-25-26-27-28-29-30-31-33-47(49-45-37-35-41(10-4)43(12-6)39-45)46(32-14-8-2)48-44-36-34-40(9-3)42(11-5)38-44;/h34-39H,7-33H2,1-6H3;/b48-46+,49-47+;. The van der Waals surface area contributed by atoms with E-state index in [4.69, 9.17) is 9.98 Å². The van der Waals surface area contributed by atoms with Crippen molar-refractivity contribution in [2.45, 2.75) is 215 Å². The van der Waals surface area contributed by atoms with Gasteiger partial charge in [-0.15, -0.1) is 0 Å². The van der Waals surface area contributed by atoms with Gasteiger partial charge >= 0.3 is 0 Å². The van der Waals surface area contributed by atoms with E-state index in [1.807, 2.05) is 0 Å². The minimum Gasteiger partial charge on any atom is -0.252 e. The van der Waals surface area contributed by atoms with Crippen molar-refractivity contribution in [1.29, 1.82) is 0 Å². The number of rotatable bonds is 30. The molecule has 0 fully saturated rings. The van der Waals surface area contributed by atoms with Gasteiger partial charge in [-0.25, -0.2) is 0 Å². The predicted molar refractivity (Wildman–Crippen MR) is 222 cm³/mol. The molecule has 0 saturated heterocycles. The average Bonchev–Trinajstić information content (AvgIpc) is 3.13. The smallest absolute Gasteiger partial charge is 0.0636 e. The first-order chi connectivity index (χ1) is 24.1. The predicted octanol–water partition coefficient (Wildman–Crippen LogP) is 15.8. The van der Waals surface area contributed by atoms with Crippen LogP contribution in [0.4, 0.5) is 11.4 Å². The zero-order valence-corrected chi connectivity index (χ0v) is 34.8. The molecule has 0 aliphatic heterocycles. The van der Waals surface area contributed by atoms with E-state index in [0.29, 0.717) is 0 Å². The van der Waals surface area contributed by atoms with Gasteiger partial charge in [0.1, 0.15) is 0 Å². The van der Waals surface area contributed by atoms with Crippen LogP contribution >= 0.6 is 0 Å². The van der Waals surface area contributed by atoms with Crippen molar-refractivity contribution >= 4 is 22.8 Å². The van der Waals surface area contributed by atoms with Gasteiger partial charge in [0.15, 0.2) is 0 Å². The number of nitrogens with zero attached hydrogens (tertiary/aromatic N) is 2. The summed E-state index contributed by atoms with van der Waals surface area (Å²) in [4.78, 5) is 10.7. The Morgan fingerprint density at radius 2 is 0.660 bits per heavy atom. The second-order valence-corrected chi connectivity index (χ2v) is 14.7. The summed E-state index contributed by atoms with van der Waals surface area (Å²) in [6.07, 6.45) is 35.4. The molecule has 0 unspecified atom stereocenters. The Balaban J connectivity index is 0.0000125. The van der Waals surface area contributed by atoms with Crippen LogP contribution in [-0.2, 0) is 42.2 Å². The maximum Gasteiger partial charge on any atom is 0.0636 e. The molecule has 0 saturated carbocycles. The van der Waals surface area contributed by atoms with Gasteiger partial charge in [0.05, 0.1) is 22.8 Å². The molecule has 3 heteroatoms. The third-order valence-electron chi connectivity index (χ3n) is 10.5. The molecule has 0 amide bonds. The van der Waals surface area contributed by atoms with Crippen LogP contribution in [0.1, 0.15) is 211 Å². The van der Waals surface area contributed by atoms with Gasteiger partial charge in [0, 0.05) is 16.5 Å². The third kappa shape index (κ3) is 19.8. The van der Waals surface area contributed by atoms with Crippen molar-refractivity contribution in [3.05, 3.63) is 58.7 Å². The van der Waals surface area contributed by atoms with Crippen molar-refractivity contribution in [1.82, 2.24) is 0 Å². The van der Waals surface area contributed by atoms with Gasteiger partial charge < -0.3 is 0 Å². The fraction of sp³-hybridized carbons (Fsp3) is 0.702. The monoisotopic (exact) mass is 729 g/mol. The number of aryl methyl sites for hydroxylation is 4. The molecule has 0 aliphatic carbocycles. The van der Waals surface area contributed by atoms with Crippen LogP contribution in [-0.4, -0.2) is 11.4 Å². The summed E-state index contributed by atoms with van der Waals surface area (Å²) < 4.78 is 0. The first-order valence-electron chi connectivity index (χ1n) is 21.5. The minimum atomic E-state index is 0. The quantitative estimate of drug-likeness (QED) is 0.0435. The van der Waals surface area contributed by atoms with Gasteiger partial charge in [-0.2, -0.15) is 0 Å². The Labute approximate surface area is 321 Å². The Morgan fingerprint density at radius 3 is 0.980 bits per heavy atom. The van der Waals surface area contributed by atoms with Crippen molar-refractivity contribution in [2.24, 2.45) is 9.98 Å². The Morgan fingerprint density at radius 1 is 0.360 bits per heavy atom. The molecule has 0 spiro atoms. The van der Waals surface area contributed by atoms with Crippen LogP contribution in [0, 0.1) is 0 Å². The van der Waals surface area contributed by atoms with E-state index >= 15 is 0 Å². The SMILES string of the molecule is CCCCCCCCCCCCCCCCCCCCCC(=N\c1ccc(CC)c(CC)c1)/C(CCCC)=N/c1ccc(CC)c(CC)c1.[Ni]. The van der Waals surface area contributed by atoms with Crippen LogP contribution in [0.25, 0.3) is 0 Å². The van der Waals surface area contributed by atoms with Gasteiger partial charge in [-0.1, -0.05) is 176 Å². The second kappa shape index (κ2) is 30.9. The van der Waals surface area contributed by atoms with E-state index in [-0.39, 0.29) is 16.5 Å². The van der Waals surface area contributed by atoms with Crippen LogP contribution in [0.2, 0.25) is 0 Å². The fourth-order valence-electron chi connectivity index (χ4n) is 7.27. The zero-order valence-electron chi connectivity index (χ0n) is 33.8. The second-order valence-electron chi connectivity index (χ2n) is 14.7. The summed E-state index contributed by atoms with van der Waals surface area (Å²) >= 11 is 0. The van der Waals surface area contributed by atoms with Crippen LogP contribution in [0.3, 0.4) is 0 Å². The molecule has 0 aromatic heterocycles. The number of aliphatic imine (C=N–C) groups is 2. The molecule has 0 aliphatic rings. The van der Waals surface area contributed by atoms with Gasteiger partial charge in [-0.3, -0.25) is 9.98 Å². The van der Waals surface area contributed by atoms with E-state index in [1.54, 1.807) is 0 Å². The summed E-state index contributed by atoms with van der Waals surface area (Å²) in [5.74, 6) is 0. The van der Waals surface area contributed by atoms with Gasteiger partial charge in [0.25, 0.3) is 0 Å². The number of hydrogen-bond donors (Lipinski definition) is 0. The molecule has 2 rings (SSSR count). The van der Waals surface area contributed by atoms with Crippen molar-refractivity contribution in [3.8, 4) is 0 Å². The minimum absolute atomic E-state index is 0. The summed E-state index contributed by atoms with van der Waals surface area (Å²) in [5, 5.41) is 0. The van der Waals surface area contributed by atoms with E-state index in [9.17, 15) is 0 Å². The number of benzene rings is 2. The third-order valence-corrected chi connectivity index (χ3v) is 10.5. The van der Waals surface area contributed by atoms with E-state index in [0.717, 1.165) is 56.3 Å². The first-order valence-corrected chi connectivity index (χ1v) is 21.5. The van der Waals surface area contributed by atoms with Crippen LogP contribution < -0.4 is 0 Å². The molecule has 50 heavy (non-hydrogen) atoms. The molecule has 0 heterocycles. The number of unbranched alkanes of at least 4 members (excludes halogenated alkanes) is 19. The fourth-order valence-corrected chi connectivity index (χ4v) is 7.27. The summed E-state index contributed by atoms with van der Waals surface area (Å²) in [6, 6.07) is 13.7. The van der Waals surface area contributed by atoms with E-state index in [1.165, 1.54) is 162 Å². The Bertz CT molecular complexity index is 1180. The molecule has 0 bridgehead atoms. The first kappa shape index (κ1) is 46.3. The molecular formula is C47H78N2Ni. The molecule has 2 aromatic carbocycles. The topological polar surface area (TPSA) is 24.7 Å². The maximum atomic E-state index is 5.37. The van der Waals surface area contributed by atoms with Gasteiger partial charge in [-0.05, 0) is 97.9 Å². The molecule has 286 valence electrons. The van der Waals surface area contributed by atoms with Crippen molar-refractivity contribution in [3.63, 3.8) is 0 Å². The van der Waals surface area contributed by atoms with Crippen LogP contribution in [0.15, 0.2) is 46.4 Å². The van der Waals surface area contributed by atoms with Crippen molar-refractivity contribution < 1.29 is 16.5 Å². The largest absolute Gasteiger partial charge is 0.252 e. The van der Waals surface area contributed by atoms with Crippen LogP contribution in [0.5, 0.6) is 0 Å². The molecular weight excluding hydrogens is 651 g/mol. The van der Waals surface area contributed by atoms with Crippen molar-refractivity contribution in [2.75, 3.05) is 0 Å². The van der Waals surface area contributed by atoms with E-state index < -0.39 is 0 Å². The molecule has 0 radical (unpaired) electrons. The Hall–Kier alpha value is -1.73. The molecule has 0 atom stereocenters. The molecule has 2 nitrogen and oxygen atoms in total. The zero-order chi connectivity index (χ0) is 35.4. The number of hydrogen-bond acceptors (Lipinski definition) is 2. The molecule has 0 N–H and O–H groups in total. The summed E-state index contributed by atoms with van der Waals surface area (Å²) in [7, 11) is 0.